The summed E-state index contributed by atoms with van der Waals surface area (Å²) in [5, 5.41) is 8.30. The first-order chi connectivity index (χ1) is 16.1. The molecule has 3 amide bonds. The number of aromatic nitrogens is 1. The maximum Gasteiger partial charge on any atom is 0.320 e. The van der Waals surface area contributed by atoms with Gasteiger partial charge in [0, 0.05) is 18.8 Å². The summed E-state index contributed by atoms with van der Waals surface area (Å²) in [5.74, 6) is 2.73. The Balaban J connectivity index is 1.29. The number of rotatable bonds is 6. The van der Waals surface area contributed by atoms with E-state index in [1.807, 2.05) is 67.6 Å². The van der Waals surface area contributed by atoms with Gasteiger partial charge in [0.25, 0.3) is 0 Å². The van der Waals surface area contributed by atoms with E-state index in [0.717, 1.165) is 34.8 Å². The molecule has 0 unspecified atom stereocenters. The molecule has 1 fully saturated rings. The highest BCUT2D eigenvalue weighted by molar-refractivity contribution is 8.00. The Bertz CT molecular complexity index is 1090. The Morgan fingerprint density at radius 3 is 2.64 bits per heavy atom. The molecule has 0 aliphatic carbocycles. The molecule has 7 nitrogen and oxygen atoms in total. The number of carbonyl (C=O) groups is 2. The molecule has 8 heteroatoms. The second-order valence-corrected chi connectivity index (χ2v) is 9.00. The van der Waals surface area contributed by atoms with Gasteiger partial charge >= 0.3 is 6.03 Å². The van der Waals surface area contributed by atoms with Gasteiger partial charge < -0.3 is 15.4 Å². The van der Waals surface area contributed by atoms with E-state index in [0.29, 0.717) is 12.4 Å². The van der Waals surface area contributed by atoms with Crippen molar-refractivity contribution in [1.29, 1.82) is 0 Å². The van der Waals surface area contributed by atoms with Crippen molar-refractivity contribution in [2.75, 3.05) is 17.6 Å². The second kappa shape index (κ2) is 10.9. The average molecular weight is 463 g/mol. The number of amides is 3. The molecule has 2 atom stereocenters. The molecule has 170 valence electrons. The fourth-order valence-electron chi connectivity index (χ4n) is 3.47. The van der Waals surface area contributed by atoms with Crippen LogP contribution in [0.15, 0.2) is 72.9 Å². The van der Waals surface area contributed by atoms with Crippen LogP contribution in [-0.2, 0) is 4.79 Å². The highest BCUT2D eigenvalue weighted by Gasteiger charge is 2.27. The van der Waals surface area contributed by atoms with Crippen LogP contribution in [0.25, 0.3) is 0 Å². The van der Waals surface area contributed by atoms with Crippen molar-refractivity contribution >= 4 is 29.5 Å². The third-order valence-electron chi connectivity index (χ3n) is 5.16. The van der Waals surface area contributed by atoms with Gasteiger partial charge in [-0.25, -0.2) is 9.78 Å². The molecule has 0 bridgehead atoms. The lowest BCUT2D eigenvalue weighted by Crippen LogP contribution is -2.44. The lowest BCUT2D eigenvalue weighted by Gasteiger charge is -2.18. The van der Waals surface area contributed by atoms with Gasteiger partial charge in [0.1, 0.15) is 22.6 Å². The summed E-state index contributed by atoms with van der Waals surface area (Å²) < 4.78 is 5.83. The molecule has 0 spiro atoms. The zero-order valence-corrected chi connectivity index (χ0v) is 19.1. The minimum absolute atomic E-state index is 0.0539. The summed E-state index contributed by atoms with van der Waals surface area (Å²) in [4.78, 5) is 29.2. The lowest BCUT2D eigenvalue weighted by atomic mass is 10.1. The fraction of sp³-hybridized carbons (Fsp3) is 0.240. The number of carbonyl (C=O) groups excluding carboxylic acids is 2. The number of pyridine rings is 1. The van der Waals surface area contributed by atoms with Crippen molar-refractivity contribution in [3.8, 4) is 11.5 Å². The third-order valence-corrected chi connectivity index (χ3v) is 6.45. The number of urea groups is 1. The van der Waals surface area contributed by atoms with E-state index in [-0.39, 0.29) is 23.2 Å². The molecule has 1 aliphatic heterocycles. The number of ether oxygens (including phenoxy) is 1. The summed E-state index contributed by atoms with van der Waals surface area (Å²) in [6.07, 6.45) is 2.42. The van der Waals surface area contributed by atoms with Crippen molar-refractivity contribution in [2.45, 2.75) is 24.6 Å². The molecule has 2 aromatic carbocycles. The zero-order valence-electron chi connectivity index (χ0n) is 18.3. The number of anilines is 1. The smallest absolute Gasteiger partial charge is 0.320 e. The monoisotopic (exact) mass is 462 g/mol. The van der Waals surface area contributed by atoms with Gasteiger partial charge in [-0.05, 0) is 66.6 Å². The molecule has 2 heterocycles. The largest absolute Gasteiger partial charge is 0.457 e. The average Bonchev–Trinajstić information content (AvgIpc) is 3.00. The normalized spacial score (nSPS) is 18.0. The van der Waals surface area contributed by atoms with Gasteiger partial charge in [0.05, 0.1) is 0 Å². The Kier molecular flexibility index (Phi) is 7.47. The van der Waals surface area contributed by atoms with Crippen LogP contribution in [0.4, 0.5) is 10.6 Å². The van der Waals surface area contributed by atoms with E-state index in [1.54, 1.807) is 24.0 Å². The number of nitrogens with one attached hydrogen (secondary N) is 3. The molecule has 1 aliphatic rings. The first-order valence-corrected chi connectivity index (χ1v) is 11.8. The molecule has 33 heavy (non-hydrogen) atoms. The topological polar surface area (TPSA) is 92.3 Å². The van der Waals surface area contributed by atoms with Crippen LogP contribution in [0.3, 0.4) is 0 Å². The van der Waals surface area contributed by atoms with Crippen molar-refractivity contribution in [1.82, 2.24) is 15.6 Å². The summed E-state index contributed by atoms with van der Waals surface area (Å²) in [5.41, 5.74) is 1.94. The molecular formula is C25H26N4O3S. The van der Waals surface area contributed by atoms with Crippen LogP contribution in [0, 0.1) is 6.92 Å². The first-order valence-electron chi connectivity index (χ1n) is 10.8. The van der Waals surface area contributed by atoms with Crippen LogP contribution < -0.4 is 20.7 Å². The predicted molar refractivity (Wildman–Crippen MR) is 131 cm³/mol. The summed E-state index contributed by atoms with van der Waals surface area (Å²) in [7, 11) is 0. The summed E-state index contributed by atoms with van der Waals surface area (Å²) in [6, 6.07) is 20.4. The predicted octanol–water partition coefficient (Wildman–Crippen LogP) is 4.67. The minimum Gasteiger partial charge on any atom is -0.457 e. The number of aryl methyl sites for hydroxylation is 1. The van der Waals surface area contributed by atoms with Crippen LogP contribution in [0.1, 0.15) is 22.8 Å². The van der Waals surface area contributed by atoms with Gasteiger partial charge in [-0.3, -0.25) is 10.1 Å². The molecule has 3 aromatic rings. The maximum atomic E-state index is 12.9. The van der Waals surface area contributed by atoms with Gasteiger partial charge in [0.15, 0.2) is 0 Å². The highest BCUT2D eigenvalue weighted by atomic mass is 32.2. The van der Waals surface area contributed by atoms with Gasteiger partial charge in [0.2, 0.25) is 5.91 Å². The molecule has 1 aromatic heterocycles. The van der Waals surface area contributed by atoms with Crippen molar-refractivity contribution in [3.63, 3.8) is 0 Å². The molecule has 0 saturated carbocycles. The Labute approximate surface area is 197 Å². The molecular weight excluding hydrogens is 436 g/mol. The zero-order chi connectivity index (χ0) is 23.0. The number of nitrogens with zero attached hydrogens (tertiary/aromatic N) is 1. The van der Waals surface area contributed by atoms with E-state index >= 15 is 0 Å². The highest BCUT2D eigenvalue weighted by Crippen LogP contribution is 2.33. The van der Waals surface area contributed by atoms with E-state index in [4.69, 9.17) is 4.74 Å². The summed E-state index contributed by atoms with van der Waals surface area (Å²) >= 11 is 1.61. The Morgan fingerprint density at radius 1 is 1.12 bits per heavy atom. The Hall–Kier alpha value is -3.52. The third kappa shape index (κ3) is 6.49. The Morgan fingerprint density at radius 2 is 1.88 bits per heavy atom. The van der Waals surface area contributed by atoms with Gasteiger partial charge in [-0.2, -0.15) is 0 Å². The molecule has 4 rings (SSSR count). The number of thioether (sulfide) groups is 1. The molecule has 1 saturated heterocycles. The SMILES string of the molecule is Cc1ccnc(NC(=O)NC[C@@H]2CCS[C@H](c3ccc(Oc4ccccc4)cc3)C(=O)N2)c1. The van der Waals surface area contributed by atoms with Crippen LogP contribution >= 0.6 is 11.8 Å². The van der Waals surface area contributed by atoms with Crippen molar-refractivity contribution < 1.29 is 14.3 Å². The lowest BCUT2D eigenvalue weighted by molar-refractivity contribution is -0.121. The number of hydrogen-bond donors (Lipinski definition) is 3. The number of benzene rings is 2. The molecule has 3 N–H and O–H groups in total. The van der Waals surface area contributed by atoms with E-state index in [1.165, 1.54) is 0 Å². The minimum atomic E-state index is -0.343. The number of para-hydroxylation sites is 1. The van der Waals surface area contributed by atoms with E-state index in [9.17, 15) is 9.59 Å². The van der Waals surface area contributed by atoms with Crippen molar-refractivity contribution in [2.24, 2.45) is 0 Å². The van der Waals surface area contributed by atoms with Gasteiger partial charge in [-0.1, -0.05) is 30.3 Å². The van der Waals surface area contributed by atoms with Crippen LogP contribution in [0.5, 0.6) is 11.5 Å². The van der Waals surface area contributed by atoms with Gasteiger partial charge in [-0.15, -0.1) is 11.8 Å². The first kappa shape index (κ1) is 22.7. The fourth-order valence-corrected chi connectivity index (χ4v) is 4.70. The van der Waals surface area contributed by atoms with Crippen LogP contribution in [0.2, 0.25) is 0 Å². The van der Waals surface area contributed by atoms with Crippen molar-refractivity contribution in [3.05, 3.63) is 84.1 Å². The maximum absolute atomic E-state index is 12.9. The second-order valence-electron chi connectivity index (χ2n) is 7.78. The molecule has 0 radical (unpaired) electrons. The number of hydrogen-bond acceptors (Lipinski definition) is 5. The quantitative estimate of drug-likeness (QED) is 0.495. The summed E-state index contributed by atoms with van der Waals surface area (Å²) in [6.45, 7) is 2.28. The van der Waals surface area contributed by atoms with E-state index in [2.05, 4.69) is 20.9 Å². The standard InChI is InChI=1S/C25H26N4O3S/c1-17-11-13-26-22(15-17)29-25(31)27-16-19-12-14-33-23(24(30)28-19)18-7-9-21(10-8-18)32-20-5-3-2-4-6-20/h2-11,13,15,19,23H,12,14,16H2,1H3,(H,28,30)(H2,26,27,29,31)/t19-,23+/m0/s1. The van der Waals surface area contributed by atoms with E-state index < -0.39 is 0 Å². The van der Waals surface area contributed by atoms with Crippen LogP contribution in [-0.4, -0.2) is 35.3 Å².